The van der Waals surface area contributed by atoms with Crippen molar-refractivity contribution < 1.29 is 27.1 Å². The molecule has 2 heterocycles. The van der Waals surface area contributed by atoms with Crippen LogP contribution >= 0.6 is 11.8 Å². The molecule has 0 radical (unpaired) electrons. The van der Waals surface area contributed by atoms with Crippen LogP contribution in [0.15, 0.2) is 76.5 Å². The van der Waals surface area contributed by atoms with Crippen LogP contribution in [0.25, 0.3) is 11.4 Å². The lowest BCUT2D eigenvalue weighted by Gasteiger charge is -2.10. The number of hydrogen-bond acceptors (Lipinski definition) is 6. The summed E-state index contributed by atoms with van der Waals surface area (Å²) < 4.78 is 50.7. The van der Waals surface area contributed by atoms with E-state index in [4.69, 9.17) is 9.15 Å². The predicted molar refractivity (Wildman–Crippen MR) is 121 cm³/mol. The highest BCUT2D eigenvalue weighted by Crippen LogP contribution is 2.30. The van der Waals surface area contributed by atoms with Gasteiger partial charge in [0.2, 0.25) is 5.91 Å². The molecule has 2 aromatic heterocycles. The molecule has 1 N–H and O–H groups in total. The highest BCUT2D eigenvalue weighted by molar-refractivity contribution is 7.99. The summed E-state index contributed by atoms with van der Waals surface area (Å²) in [6, 6.07) is 15.2. The summed E-state index contributed by atoms with van der Waals surface area (Å²) in [5.41, 5.74) is 0.267. The van der Waals surface area contributed by atoms with E-state index in [1.54, 1.807) is 19.4 Å². The van der Waals surface area contributed by atoms with Crippen molar-refractivity contribution in [3.05, 3.63) is 78.3 Å². The lowest BCUT2D eigenvalue weighted by Crippen LogP contribution is -2.15. The zero-order valence-electron chi connectivity index (χ0n) is 17.9. The fraction of sp³-hybridized carbons (Fsp3) is 0.174. The molecular weight excluding hydrogens is 469 g/mol. The van der Waals surface area contributed by atoms with Crippen LogP contribution < -0.4 is 10.1 Å². The van der Waals surface area contributed by atoms with E-state index in [1.807, 2.05) is 34.9 Å². The van der Waals surface area contributed by atoms with Crippen molar-refractivity contribution in [3.8, 4) is 17.1 Å². The molecule has 34 heavy (non-hydrogen) atoms. The van der Waals surface area contributed by atoms with Crippen molar-refractivity contribution in [2.24, 2.45) is 0 Å². The van der Waals surface area contributed by atoms with Gasteiger partial charge in [-0.2, -0.15) is 13.2 Å². The molecule has 0 bridgehead atoms. The summed E-state index contributed by atoms with van der Waals surface area (Å²) in [5, 5.41) is 11.6. The van der Waals surface area contributed by atoms with Gasteiger partial charge in [-0.1, -0.05) is 23.9 Å². The van der Waals surface area contributed by atoms with Gasteiger partial charge in [0.1, 0.15) is 11.5 Å². The average Bonchev–Trinajstić information content (AvgIpc) is 3.48. The Hall–Kier alpha value is -3.73. The molecule has 0 spiro atoms. The molecule has 4 rings (SSSR count). The maximum Gasteiger partial charge on any atom is 0.416 e. The third kappa shape index (κ3) is 5.60. The van der Waals surface area contributed by atoms with Crippen molar-refractivity contribution >= 4 is 23.4 Å². The van der Waals surface area contributed by atoms with Crippen LogP contribution in [0.3, 0.4) is 0 Å². The minimum atomic E-state index is -4.43. The first kappa shape index (κ1) is 23.4. The summed E-state index contributed by atoms with van der Waals surface area (Å²) in [6.45, 7) is 0.343. The molecule has 2 aromatic carbocycles. The molecule has 0 saturated carbocycles. The van der Waals surface area contributed by atoms with E-state index in [-0.39, 0.29) is 17.3 Å². The highest BCUT2D eigenvalue weighted by Gasteiger charge is 2.30. The first-order valence-corrected chi connectivity index (χ1v) is 11.0. The van der Waals surface area contributed by atoms with Crippen LogP contribution in [-0.4, -0.2) is 33.5 Å². The Balaban J connectivity index is 1.49. The number of thioether (sulfide) groups is 1. The zero-order valence-corrected chi connectivity index (χ0v) is 18.7. The van der Waals surface area contributed by atoms with E-state index in [9.17, 15) is 18.0 Å². The number of carbonyl (C=O) groups is 1. The van der Waals surface area contributed by atoms with Gasteiger partial charge in [0.15, 0.2) is 11.0 Å². The number of halogens is 3. The van der Waals surface area contributed by atoms with Gasteiger partial charge in [0, 0.05) is 11.3 Å². The number of carbonyl (C=O) groups excluding carboxylic acids is 1. The first-order chi connectivity index (χ1) is 16.3. The number of aromatic nitrogens is 3. The summed E-state index contributed by atoms with van der Waals surface area (Å²) in [7, 11) is 1.57. The summed E-state index contributed by atoms with van der Waals surface area (Å²) >= 11 is 1.15. The van der Waals surface area contributed by atoms with Crippen LogP contribution in [0, 0.1) is 0 Å². The van der Waals surface area contributed by atoms with E-state index in [0.29, 0.717) is 29.0 Å². The summed E-state index contributed by atoms with van der Waals surface area (Å²) in [4.78, 5) is 12.4. The van der Waals surface area contributed by atoms with Crippen LogP contribution in [0.1, 0.15) is 11.3 Å². The van der Waals surface area contributed by atoms with Gasteiger partial charge in [-0.05, 0) is 48.5 Å². The number of hydrogen-bond donors (Lipinski definition) is 1. The van der Waals surface area contributed by atoms with E-state index >= 15 is 0 Å². The van der Waals surface area contributed by atoms with E-state index in [1.165, 1.54) is 12.1 Å². The highest BCUT2D eigenvalue weighted by atomic mass is 32.2. The van der Waals surface area contributed by atoms with Gasteiger partial charge in [-0.15, -0.1) is 10.2 Å². The Labute approximate surface area is 196 Å². The predicted octanol–water partition coefficient (Wildman–Crippen LogP) is 5.34. The number of amides is 1. The molecule has 0 aliphatic carbocycles. The van der Waals surface area contributed by atoms with Crippen molar-refractivity contribution in [1.29, 1.82) is 0 Å². The van der Waals surface area contributed by atoms with Crippen molar-refractivity contribution in [3.63, 3.8) is 0 Å². The van der Waals surface area contributed by atoms with Crippen LogP contribution in [0.2, 0.25) is 0 Å². The SMILES string of the molecule is COc1cccc(-c2nnc(SCC(=O)Nc3ccc(C(F)(F)F)cc3)n2Cc2ccco2)c1. The topological polar surface area (TPSA) is 82.2 Å². The smallest absolute Gasteiger partial charge is 0.416 e. The lowest BCUT2D eigenvalue weighted by molar-refractivity contribution is -0.137. The quantitative estimate of drug-likeness (QED) is 0.337. The van der Waals surface area contributed by atoms with Crippen molar-refractivity contribution in [1.82, 2.24) is 14.8 Å². The van der Waals surface area contributed by atoms with E-state index < -0.39 is 11.7 Å². The molecule has 11 heteroatoms. The summed E-state index contributed by atoms with van der Waals surface area (Å²) in [6.07, 6.45) is -2.87. The second-order valence-corrected chi connectivity index (χ2v) is 8.06. The lowest BCUT2D eigenvalue weighted by atomic mass is 10.2. The maximum atomic E-state index is 12.7. The number of methoxy groups -OCH3 is 1. The molecule has 0 saturated heterocycles. The Bertz CT molecular complexity index is 1260. The van der Waals surface area contributed by atoms with Crippen LogP contribution in [0.4, 0.5) is 18.9 Å². The number of nitrogens with one attached hydrogen (secondary N) is 1. The minimum absolute atomic E-state index is 0.0184. The Kier molecular flexibility index (Phi) is 6.92. The molecule has 0 atom stereocenters. The number of ether oxygens (including phenoxy) is 1. The monoisotopic (exact) mass is 488 g/mol. The second-order valence-electron chi connectivity index (χ2n) is 7.12. The molecule has 1 amide bonds. The van der Waals surface area contributed by atoms with Crippen molar-refractivity contribution in [2.45, 2.75) is 17.9 Å². The Morgan fingerprint density at radius 3 is 2.59 bits per heavy atom. The number of furan rings is 1. The van der Waals surface area contributed by atoms with Gasteiger partial charge in [-0.3, -0.25) is 9.36 Å². The fourth-order valence-corrected chi connectivity index (χ4v) is 3.88. The third-order valence-electron chi connectivity index (χ3n) is 4.77. The molecule has 0 fully saturated rings. The Morgan fingerprint density at radius 2 is 1.91 bits per heavy atom. The number of anilines is 1. The molecule has 0 aliphatic rings. The number of rotatable bonds is 8. The number of nitrogens with zero attached hydrogens (tertiary/aromatic N) is 3. The van der Waals surface area contributed by atoms with Gasteiger partial charge in [-0.25, -0.2) is 0 Å². The third-order valence-corrected chi connectivity index (χ3v) is 5.73. The largest absolute Gasteiger partial charge is 0.497 e. The molecule has 4 aromatic rings. The first-order valence-electron chi connectivity index (χ1n) is 10.0. The maximum absolute atomic E-state index is 12.7. The molecule has 7 nitrogen and oxygen atoms in total. The standard InChI is InChI=1S/C23H19F3N4O3S/c1-32-18-5-2-4-15(12-18)21-28-29-22(30(21)13-19-6-3-11-33-19)34-14-20(31)27-17-9-7-16(8-10-17)23(24,25)26/h2-12H,13-14H2,1H3,(H,27,31). The van der Waals surface area contributed by atoms with Gasteiger partial charge in [0.25, 0.3) is 0 Å². The minimum Gasteiger partial charge on any atom is -0.497 e. The normalized spacial score (nSPS) is 11.4. The van der Waals surface area contributed by atoms with Crippen molar-refractivity contribution in [2.75, 3.05) is 18.2 Å². The second kappa shape index (κ2) is 10.0. The Morgan fingerprint density at radius 1 is 1.12 bits per heavy atom. The molecule has 0 aliphatic heterocycles. The van der Waals surface area contributed by atoms with Gasteiger partial charge < -0.3 is 14.5 Å². The fourth-order valence-electron chi connectivity index (χ4n) is 3.14. The average molecular weight is 488 g/mol. The zero-order chi connectivity index (χ0) is 24.1. The van der Waals surface area contributed by atoms with Gasteiger partial charge in [0.05, 0.1) is 31.2 Å². The van der Waals surface area contributed by atoms with Gasteiger partial charge >= 0.3 is 6.18 Å². The van der Waals surface area contributed by atoms with E-state index in [2.05, 4.69) is 15.5 Å². The van der Waals surface area contributed by atoms with Crippen LogP contribution in [0.5, 0.6) is 5.75 Å². The molecular formula is C23H19F3N4O3S. The molecule has 0 unspecified atom stereocenters. The van der Waals surface area contributed by atoms with E-state index in [0.717, 1.165) is 29.5 Å². The van der Waals surface area contributed by atoms with Crippen LogP contribution in [-0.2, 0) is 17.5 Å². The number of alkyl halides is 3. The summed E-state index contributed by atoms with van der Waals surface area (Å²) in [5.74, 6) is 1.51. The number of benzene rings is 2. The molecule has 176 valence electrons.